The molecule has 3 unspecified atom stereocenters. The van der Waals surface area contributed by atoms with Crippen LogP contribution in [0.15, 0.2) is 0 Å². The molecule has 3 heteroatoms. The number of carbonyl (C=O) groups excluding carboxylic acids is 1. The molecule has 0 spiro atoms. The van der Waals surface area contributed by atoms with Crippen molar-refractivity contribution in [2.45, 2.75) is 64.6 Å². The van der Waals surface area contributed by atoms with E-state index in [1.807, 2.05) is 0 Å². The minimum absolute atomic E-state index is 0.126. The first kappa shape index (κ1) is 12.5. The van der Waals surface area contributed by atoms with Crippen LogP contribution in [0.3, 0.4) is 0 Å². The molecule has 1 saturated heterocycles. The normalized spacial score (nSPS) is 43.2. The van der Waals surface area contributed by atoms with Gasteiger partial charge in [0.25, 0.3) is 0 Å². The lowest BCUT2D eigenvalue weighted by Gasteiger charge is -2.27. The number of nitrogens with one attached hydrogen (secondary N) is 2. The Bertz CT molecular complexity index is 337. The van der Waals surface area contributed by atoms with Crippen molar-refractivity contribution in [3.8, 4) is 0 Å². The van der Waals surface area contributed by atoms with Gasteiger partial charge < -0.3 is 5.32 Å². The van der Waals surface area contributed by atoms with Gasteiger partial charge in [0.05, 0.1) is 0 Å². The van der Waals surface area contributed by atoms with Crippen molar-refractivity contribution < 1.29 is 4.79 Å². The van der Waals surface area contributed by atoms with Crippen molar-refractivity contribution in [1.82, 2.24) is 10.6 Å². The lowest BCUT2D eigenvalue weighted by Crippen LogP contribution is -2.43. The zero-order valence-corrected chi connectivity index (χ0v) is 11.8. The molecule has 1 aliphatic heterocycles. The summed E-state index contributed by atoms with van der Waals surface area (Å²) < 4.78 is 0. The van der Waals surface area contributed by atoms with E-state index in [-0.39, 0.29) is 11.9 Å². The van der Waals surface area contributed by atoms with Crippen LogP contribution in [0, 0.1) is 23.7 Å². The van der Waals surface area contributed by atoms with Gasteiger partial charge in [0.1, 0.15) is 6.04 Å². The first-order chi connectivity index (χ1) is 8.58. The summed E-state index contributed by atoms with van der Waals surface area (Å²) in [5.74, 6) is 3.13. The highest BCUT2D eigenvalue weighted by molar-refractivity contribution is 5.86. The van der Waals surface area contributed by atoms with E-state index >= 15 is 0 Å². The molecule has 3 aliphatic rings. The Morgan fingerprint density at radius 1 is 1.22 bits per heavy atom. The third kappa shape index (κ3) is 2.29. The van der Waals surface area contributed by atoms with Crippen LogP contribution < -0.4 is 10.6 Å². The average Bonchev–Trinajstić information content (AvgIpc) is 3.16. The number of amides is 1. The Hall–Kier alpha value is -0.570. The minimum Gasteiger partial charge on any atom is -0.352 e. The van der Waals surface area contributed by atoms with Gasteiger partial charge in [-0.2, -0.15) is 0 Å². The molecular formula is C15H26N2O. The first-order valence-corrected chi connectivity index (χ1v) is 7.64. The highest BCUT2D eigenvalue weighted by Gasteiger charge is 2.51. The van der Waals surface area contributed by atoms with Crippen LogP contribution >= 0.6 is 0 Å². The van der Waals surface area contributed by atoms with Crippen molar-refractivity contribution in [2.75, 3.05) is 0 Å². The topological polar surface area (TPSA) is 51.0 Å². The van der Waals surface area contributed by atoms with E-state index in [0.717, 1.165) is 18.3 Å². The molecule has 5 atom stereocenters. The number of hydrogen-bond acceptors (Lipinski definition) is 2. The van der Waals surface area contributed by atoms with E-state index in [0.29, 0.717) is 23.9 Å². The maximum absolute atomic E-state index is 12.2. The van der Waals surface area contributed by atoms with Gasteiger partial charge in [-0.3, -0.25) is 10.1 Å². The Kier molecular flexibility index (Phi) is 3.13. The lowest BCUT2D eigenvalue weighted by atomic mass is 9.85. The maximum Gasteiger partial charge on any atom is 0.238 e. The highest BCUT2D eigenvalue weighted by Crippen LogP contribution is 2.40. The second-order valence-electron chi connectivity index (χ2n) is 7.00. The van der Waals surface area contributed by atoms with Crippen LogP contribution in [-0.2, 0) is 4.79 Å². The van der Waals surface area contributed by atoms with Crippen molar-refractivity contribution in [1.29, 1.82) is 0 Å². The Morgan fingerprint density at radius 3 is 2.56 bits per heavy atom. The monoisotopic (exact) mass is 250 g/mol. The average molecular weight is 250 g/mol. The molecule has 0 aromatic heterocycles. The van der Waals surface area contributed by atoms with Gasteiger partial charge in [0.2, 0.25) is 5.91 Å². The zero-order chi connectivity index (χ0) is 12.9. The van der Waals surface area contributed by atoms with Crippen LogP contribution in [0.1, 0.15) is 46.5 Å². The fourth-order valence-electron chi connectivity index (χ4n) is 4.04. The molecule has 0 radical (unpaired) electrons. The fourth-order valence-corrected chi connectivity index (χ4v) is 4.04. The Morgan fingerprint density at radius 2 is 1.94 bits per heavy atom. The van der Waals surface area contributed by atoms with Crippen molar-refractivity contribution in [3.63, 3.8) is 0 Å². The van der Waals surface area contributed by atoms with Gasteiger partial charge in [0.15, 0.2) is 0 Å². The quantitative estimate of drug-likeness (QED) is 0.749. The molecule has 102 valence electrons. The molecule has 3 nitrogen and oxygen atoms in total. The van der Waals surface area contributed by atoms with Crippen LogP contribution in [0.2, 0.25) is 0 Å². The standard InChI is InChI=1S/C15H26N2O/c1-8(2)12-9(3)4-7-11(12)16-15(18)14-13(17-14)10-5-6-10/h8-14,17H,4-7H2,1-3H3,(H,16,18)/t9?,11?,12?,13-,14+/m0/s1. The fraction of sp³-hybridized carbons (Fsp3) is 0.933. The summed E-state index contributed by atoms with van der Waals surface area (Å²) in [5, 5.41) is 6.66. The molecule has 2 aliphatic carbocycles. The number of carbonyl (C=O) groups is 1. The predicted molar refractivity (Wildman–Crippen MR) is 72.1 cm³/mol. The molecule has 2 saturated carbocycles. The van der Waals surface area contributed by atoms with Gasteiger partial charge in [0, 0.05) is 12.1 Å². The molecule has 18 heavy (non-hydrogen) atoms. The zero-order valence-electron chi connectivity index (χ0n) is 11.8. The summed E-state index contributed by atoms with van der Waals surface area (Å²) in [6.07, 6.45) is 5.06. The summed E-state index contributed by atoms with van der Waals surface area (Å²) >= 11 is 0. The van der Waals surface area contributed by atoms with Gasteiger partial charge in [-0.25, -0.2) is 0 Å². The molecular weight excluding hydrogens is 224 g/mol. The SMILES string of the molecule is CC(C)C1C(C)CCC1NC(=O)[C@@H]1N[C@H]1C1CC1. The second kappa shape index (κ2) is 4.52. The van der Waals surface area contributed by atoms with E-state index in [1.165, 1.54) is 19.3 Å². The van der Waals surface area contributed by atoms with Gasteiger partial charge in [-0.05, 0) is 49.4 Å². The molecule has 3 rings (SSSR count). The van der Waals surface area contributed by atoms with Crippen LogP contribution in [-0.4, -0.2) is 24.0 Å². The van der Waals surface area contributed by atoms with E-state index in [2.05, 4.69) is 31.4 Å². The van der Waals surface area contributed by atoms with Crippen LogP contribution in [0.25, 0.3) is 0 Å². The highest BCUT2D eigenvalue weighted by atomic mass is 16.2. The van der Waals surface area contributed by atoms with E-state index < -0.39 is 0 Å². The van der Waals surface area contributed by atoms with Gasteiger partial charge >= 0.3 is 0 Å². The molecule has 1 amide bonds. The smallest absolute Gasteiger partial charge is 0.238 e. The summed E-state index contributed by atoms with van der Waals surface area (Å²) in [6, 6.07) is 1.04. The molecule has 0 aromatic rings. The summed E-state index contributed by atoms with van der Waals surface area (Å²) in [7, 11) is 0. The lowest BCUT2D eigenvalue weighted by molar-refractivity contribution is -0.121. The van der Waals surface area contributed by atoms with Gasteiger partial charge in [-0.1, -0.05) is 20.8 Å². The summed E-state index contributed by atoms with van der Waals surface area (Å²) in [5.41, 5.74) is 0. The number of rotatable bonds is 4. The minimum atomic E-state index is 0.126. The Balaban J connectivity index is 1.54. The first-order valence-electron chi connectivity index (χ1n) is 7.64. The van der Waals surface area contributed by atoms with E-state index in [1.54, 1.807) is 0 Å². The van der Waals surface area contributed by atoms with E-state index in [9.17, 15) is 4.79 Å². The van der Waals surface area contributed by atoms with Gasteiger partial charge in [-0.15, -0.1) is 0 Å². The summed E-state index contributed by atoms with van der Waals surface area (Å²) in [6.45, 7) is 6.90. The van der Waals surface area contributed by atoms with Crippen molar-refractivity contribution >= 4 is 5.91 Å². The van der Waals surface area contributed by atoms with E-state index in [4.69, 9.17) is 0 Å². The van der Waals surface area contributed by atoms with Crippen molar-refractivity contribution in [2.24, 2.45) is 23.7 Å². The Labute approximate surface area is 110 Å². The molecule has 0 bridgehead atoms. The van der Waals surface area contributed by atoms with Crippen LogP contribution in [0.4, 0.5) is 0 Å². The third-order valence-electron chi connectivity index (χ3n) is 5.19. The summed E-state index contributed by atoms with van der Waals surface area (Å²) in [4.78, 5) is 12.2. The third-order valence-corrected chi connectivity index (χ3v) is 5.19. The molecule has 0 aromatic carbocycles. The maximum atomic E-state index is 12.2. The number of hydrogen-bond donors (Lipinski definition) is 2. The molecule has 3 fully saturated rings. The second-order valence-corrected chi connectivity index (χ2v) is 7.00. The molecule has 1 heterocycles. The largest absolute Gasteiger partial charge is 0.352 e. The predicted octanol–water partition coefficient (Wildman–Crippen LogP) is 1.92. The molecule has 2 N–H and O–H groups in total. The van der Waals surface area contributed by atoms with Crippen molar-refractivity contribution in [3.05, 3.63) is 0 Å². The van der Waals surface area contributed by atoms with Crippen LogP contribution in [0.5, 0.6) is 0 Å².